The molecule has 0 atom stereocenters. The van der Waals surface area contributed by atoms with E-state index in [1.807, 2.05) is 0 Å². The Morgan fingerprint density at radius 1 is 1.21 bits per heavy atom. The minimum atomic E-state index is -1.02. The smallest absolute Gasteiger partial charge is 0.335 e. The Bertz CT molecular complexity index is 780. The summed E-state index contributed by atoms with van der Waals surface area (Å²) in [5.74, 6) is -1.41. The van der Waals surface area contributed by atoms with Gasteiger partial charge in [0.2, 0.25) is 0 Å². The summed E-state index contributed by atoms with van der Waals surface area (Å²) < 4.78 is 15.3. The first kappa shape index (κ1) is 11.4. The molecule has 0 aliphatic heterocycles. The lowest BCUT2D eigenvalue weighted by Crippen LogP contribution is -1.98. The summed E-state index contributed by atoms with van der Waals surface area (Å²) in [6, 6.07) is 10.8. The quantitative estimate of drug-likeness (QED) is 0.767. The third-order valence-electron chi connectivity index (χ3n) is 2.91. The number of carbonyl (C=O) groups is 1. The fourth-order valence-electron chi connectivity index (χ4n) is 1.98. The molecular formula is C14H9FN2O2. The topological polar surface area (TPSA) is 55.1 Å². The maximum absolute atomic E-state index is 13.8. The molecule has 1 aromatic heterocycles. The predicted molar refractivity (Wildman–Crippen MR) is 68.0 cm³/mol. The van der Waals surface area contributed by atoms with Gasteiger partial charge < -0.3 is 5.11 Å². The van der Waals surface area contributed by atoms with Gasteiger partial charge in [0.25, 0.3) is 0 Å². The molecule has 0 unspecified atom stereocenters. The first-order valence-corrected chi connectivity index (χ1v) is 5.62. The molecule has 0 aliphatic carbocycles. The Kier molecular flexibility index (Phi) is 2.52. The number of benzene rings is 2. The number of halogens is 1. The number of carboxylic acid groups (broad SMARTS) is 1. The molecule has 0 amide bonds. The van der Waals surface area contributed by atoms with Crippen molar-refractivity contribution in [3.05, 3.63) is 60.2 Å². The fraction of sp³-hybridized carbons (Fsp3) is 0. The molecule has 19 heavy (non-hydrogen) atoms. The van der Waals surface area contributed by atoms with Gasteiger partial charge in [-0.3, -0.25) is 4.57 Å². The average molecular weight is 256 g/mol. The lowest BCUT2D eigenvalue weighted by Gasteiger charge is -2.05. The van der Waals surface area contributed by atoms with Crippen molar-refractivity contribution in [3.63, 3.8) is 0 Å². The van der Waals surface area contributed by atoms with Crippen molar-refractivity contribution in [2.24, 2.45) is 0 Å². The highest BCUT2D eigenvalue weighted by atomic mass is 19.1. The lowest BCUT2D eigenvalue weighted by molar-refractivity contribution is 0.0697. The number of aromatic carboxylic acids is 1. The Morgan fingerprint density at radius 3 is 2.74 bits per heavy atom. The van der Waals surface area contributed by atoms with Gasteiger partial charge in [-0.15, -0.1) is 0 Å². The van der Waals surface area contributed by atoms with Crippen molar-refractivity contribution in [3.8, 4) is 5.69 Å². The number of hydrogen-bond acceptors (Lipinski definition) is 2. The van der Waals surface area contributed by atoms with Crippen LogP contribution in [0.1, 0.15) is 10.4 Å². The number of aromatic nitrogens is 2. The van der Waals surface area contributed by atoms with Crippen LogP contribution in [-0.4, -0.2) is 20.6 Å². The van der Waals surface area contributed by atoms with E-state index in [1.165, 1.54) is 29.1 Å². The average Bonchev–Trinajstić information content (AvgIpc) is 2.82. The van der Waals surface area contributed by atoms with Gasteiger partial charge >= 0.3 is 5.97 Å². The van der Waals surface area contributed by atoms with Crippen LogP contribution in [0.2, 0.25) is 0 Å². The second-order valence-corrected chi connectivity index (χ2v) is 4.07. The van der Waals surface area contributed by atoms with E-state index >= 15 is 0 Å². The highest BCUT2D eigenvalue weighted by Gasteiger charge is 2.11. The molecule has 0 saturated heterocycles. The van der Waals surface area contributed by atoms with Crippen molar-refractivity contribution in [2.75, 3.05) is 0 Å². The van der Waals surface area contributed by atoms with E-state index < -0.39 is 5.97 Å². The van der Waals surface area contributed by atoms with Crippen molar-refractivity contribution >= 4 is 17.0 Å². The maximum atomic E-state index is 13.8. The lowest BCUT2D eigenvalue weighted by atomic mass is 10.2. The van der Waals surface area contributed by atoms with Gasteiger partial charge in [0, 0.05) is 0 Å². The molecule has 0 aliphatic rings. The van der Waals surface area contributed by atoms with Gasteiger partial charge in [-0.2, -0.15) is 0 Å². The van der Waals surface area contributed by atoms with Crippen molar-refractivity contribution < 1.29 is 14.3 Å². The van der Waals surface area contributed by atoms with Gasteiger partial charge in [-0.25, -0.2) is 14.2 Å². The van der Waals surface area contributed by atoms with E-state index in [-0.39, 0.29) is 11.4 Å². The van der Waals surface area contributed by atoms with E-state index in [0.29, 0.717) is 16.7 Å². The van der Waals surface area contributed by atoms with Crippen LogP contribution >= 0.6 is 0 Å². The van der Waals surface area contributed by atoms with Crippen LogP contribution in [0, 0.1) is 5.82 Å². The summed E-state index contributed by atoms with van der Waals surface area (Å²) in [4.78, 5) is 15.1. The third kappa shape index (κ3) is 1.85. The second-order valence-electron chi connectivity index (χ2n) is 4.07. The van der Waals surface area contributed by atoms with E-state index in [9.17, 15) is 9.18 Å². The van der Waals surface area contributed by atoms with Gasteiger partial charge in [-0.05, 0) is 30.3 Å². The number of hydrogen-bond donors (Lipinski definition) is 1. The molecule has 3 aromatic rings. The molecule has 1 heterocycles. The van der Waals surface area contributed by atoms with Gasteiger partial charge in [0.05, 0.1) is 22.3 Å². The van der Waals surface area contributed by atoms with E-state index in [4.69, 9.17) is 5.11 Å². The first-order chi connectivity index (χ1) is 9.16. The van der Waals surface area contributed by atoms with Crippen LogP contribution < -0.4 is 0 Å². The Morgan fingerprint density at radius 2 is 2.00 bits per heavy atom. The van der Waals surface area contributed by atoms with Gasteiger partial charge in [-0.1, -0.05) is 12.1 Å². The Hall–Kier alpha value is -2.69. The summed E-state index contributed by atoms with van der Waals surface area (Å²) >= 11 is 0. The number of para-hydroxylation sites is 1. The minimum Gasteiger partial charge on any atom is -0.478 e. The normalized spacial score (nSPS) is 10.8. The molecule has 2 aromatic carbocycles. The van der Waals surface area contributed by atoms with E-state index in [1.54, 1.807) is 24.3 Å². The summed E-state index contributed by atoms with van der Waals surface area (Å²) in [7, 11) is 0. The molecule has 0 saturated carbocycles. The molecule has 0 fully saturated rings. The molecule has 0 radical (unpaired) electrons. The van der Waals surface area contributed by atoms with Crippen LogP contribution in [0.4, 0.5) is 4.39 Å². The molecule has 94 valence electrons. The minimum absolute atomic E-state index is 0.144. The molecule has 3 rings (SSSR count). The Balaban J connectivity index is 2.27. The van der Waals surface area contributed by atoms with Gasteiger partial charge in [0.1, 0.15) is 12.1 Å². The standard InChI is InChI=1S/C14H9FN2O2/c15-10-3-1-2-4-12(10)17-8-16-11-6-5-9(14(18)19)7-13(11)17/h1-8H,(H,18,19). The Labute approximate surface area is 107 Å². The number of imidazole rings is 1. The first-order valence-electron chi connectivity index (χ1n) is 5.62. The van der Waals surface area contributed by atoms with Crippen LogP contribution in [0.5, 0.6) is 0 Å². The molecule has 4 nitrogen and oxygen atoms in total. The van der Waals surface area contributed by atoms with Crippen molar-refractivity contribution in [2.45, 2.75) is 0 Å². The van der Waals surface area contributed by atoms with Crippen molar-refractivity contribution in [1.29, 1.82) is 0 Å². The zero-order chi connectivity index (χ0) is 13.4. The van der Waals surface area contributed by atoms with Crippen molar-refractivity contribution in [1.82, 2.24) is 9.55 Å². The summed E-state index contributed by atoms with van der Waals surface area (Å²) in [5, 5.41) is 8.99. The highest BCUT2D eigenvalue weighted by Crippen LogP contribution is 2.21. The van der Waals surface area contributed by atoms with Crippen LogP contribution in [0.3, 0.4) is 0 Å². The zero-order valence-corrected chi connectivity index (χ0v) is 9.75. The number of nitrogens with zero attached hydrogens (tertiary/aromatic N) is 2. The maximum Gasteiger partial charge on any atom is 0.335 e. The molecule has 1 N–H and O–H groups in total. The monoisotopic (exact) mass is 256 g/mol. The predicted octanol–water partition coefficient (Wildman–Crippen LogP) is 2.86. The fourth-order valence-corrected chi connectivity index (χ4v) is 1.98. The van der Waals surface area contributed by atoms with Crippen LogP contribution in [0.15, 0.2) is 48.8 Å². The molecule has 0 bridgehead atoms. The van der Waals surface area contributed by atoms with Crippen LogP contribution in [-0.2, 0) is 0 Å². The highest BCUT2D eigenvalue weighted by molar-refractivity contribution is 5.92. The number of carboxylic acids is 1. The molecule has 0 spiro atoms. The number of rotatable bonds is 2. The molecule has 5 heteroatoms. The van der Waals surface area contributed by atoms with E-state index in [0.717, 1.165) is 0 Å². The largest absolute Gasteiger partial charge is 0.478 e. The van der Waals surface area contributed by atoms with Crippen LogP contribution in [0.25, 0.3) is 16.7 Å². The van der Waals surface area contributed by atoms with Gasteiger partial charge in [0.15, 0.2) is 0 Å². The summed E-state index contributed by atoms with van der Waals surface area (Å²) in [6.07, 6.45) is 1.48. The molecular weight excluding hydrogens is 247 g/mol. The zero-order valence-electron chi connectivity index (χ0n) is 9.75. The SMILES string of the molecule is O=C(O)c1ccc2ncn(-c3ccccc3F)c2c1. The summed E-state index contributed by atoms with van der Waals surface area (Å²) in [6.45, 7) is 0. The third-order valence-corrected chi connectivity index (χ3v) is 2.91. The summed E-state index contributed by atoms with van der Waals surface area (Å²) in [5.41, 5.74) is 1.66. The van der Waals surface area contributed by atoms with E-state index in [2.05, 4.69) is 4.98 Å². The number of fused-ring (bicyclic) bond motifs is 1. The second kappa shape index (κ2) is 4.20.